The van der Waals surface area contributed by atoms with E-state index < -0.39 is 0 Å². The van der Waals surface area contributed by atoms with Gasteiger partial charge in [-0.3, -0.25) is 0 Å². The first kappa shape index (κ1) is 14.3. The summed E-state index contributed by atoms with van der Waals surface area (Å²) in [5.74, 6) is 1.13. The van der Waals surface area contributed by atoms with Crippen LogP contribution in [0.15, 0.2) is 41.8 Å². The molecule has 2 heteroatoms. The number of hydrogen-bond donors (Lipinski definition) is 1. The molecule has 1 atom stereocenters. The van der Waals surface area contributed by atoms with Crippen molar-refractivity contribution in [1.82, 2.24) is 5.32 Å². The van der Waals surface area contributed by atoms with E-state index in [1.54, 1.807) is 0 Å². The van der Waals surface area contributed by atoms with Crippen LogP contribution in [0.5, 0.6) is 0 Å². The second-order valence-corrected chi connectivity index (χ2v) is 6.26. The maximum absolute atomic E-state index is 3.26. The van der Waals surface area contributed by atoms with Gasteiger partial charge >= 0.3 is 0 Å². The zero-order valence-corrected chi connectivity index (χ0v) is 12.8. The number of thiophene rings is 1. The molecule has 1 unspecified atom stereocenters. The number of rotatable bonds is 6. The molecule has 19 heavy (non-hydrogen) atoms. The molecule has 1 heterocycles. The van der Waals surface area contributed by atoms with Gasteiger partial charge in [-0.05, 0) is 48.5 Å². The minimum Gasteiger partial charge on any atom is -0.320 e. The monoisotopic (exact) mass is 273 g/mol. The third-order valence-electron chi connectivity index (χ3n) is 3.58. The van der Waals surface area contributed by atoms with Crippen LogP contribution in [0.4, 0.5) is 0 Å². The summed E-state index contributed by atoms with van der Waals surface area (Å²) in [5, 5.41) is 5.43. The minimum atomic E-state index is 0.522. The summed E-state index contributed by atoms with van der Waals surface area (Å²) in [6.45, 7) is 5.54. The summed E-state index contributed by atoms with van der Waals surface area (Å²) in [6, 6.07) is 13.6. The highest BCUT2D eigenvalue weighted by Crippen LogP contribution is 2.31. The topological polar surface area (TPSA) is 12.0 Å². The van der Waals surface area contributed by atoms with Gasteiger partial charge in [0.05, 0.1) is 0 Å². The van der Waals surface area contributed by atoms with Gasteiger partial charge in [-0.15, -0.1) is 11.3 Å². The lowest BCUT2D eigenvalue weighted by molar-refractivity contribution is 0.668. The standard InChI is InChI=1S/C17H23NS/c1-13(2)14-6-8-15(9-7-14)16(10-11-18-3)17-5-4-12-19-17/h4-9,12-13,16,18H,10-11H2,1-3H3. The zero-order valence-electron chi connectivity index (χ0n) is 12.0. The van der Waals surface area contributed by atoms with Crippen LogP contribution in [0.2, 0.25) is 0 Å². The van der Waals surface area contributed by atoms with Gasteiger partial charge in [-0.25, -0.2) is 0 Å². The SMILES string of the molecule is CNCCC(c1ccc(C(C)C)cc1)c1cccs1. The normalized spacial score (nSPS) is 12.8. The Bertz CT molecular complexity index is 470. The fraction of sp³-hybridized carbons (Fsp3) is 0.412. The molecule has 0 amide bonds. The van der Waals surface area contributed by atoms with E-state index in [0.29, 0.717) is 11.8 Å². The van der Waals surface area contributed by atoms with Gasteiger partial charge in [0.1, 0.15) is 0 Å². The summed E-state index contributed by atoms with van der Waals surface area (Å²) in [4.78, 5) is 1.47. The average molecular weight is 273 g/mol. The first-order valence-corrected chi connectivity index (χ1v) is 7.88. The van der Waals surface area contributed by atoms with Gasteiger partial charge in [0, 0.05) is 10.8 Å². The van der Waals surface area contributed by atoms with Crippen molar-refractivity contribution >= 4 is 11.3 Å². The molecule has 0 aliphatic rings. The summed E-state index contributed by atoms with van der Waals surface area (Å²) in [5.41, 5.74) is 2.85. The highest BCUT2D eigenvalue weighted by atomic mass is 32.1. The molecule has 1 N–H and O–H groups in total. The van der Waals surface area contributed by atoms with E-state index in [4.69, 9.17) is 0 Å². The summed E-state index contributed by atoms with van der Waals surface area (Å²) in [6.07, 6.45) is 1.15. The molecule has 1 aromatic carbocycles. The van der Waals surface area contributed by atoms with E-state index in [-0.39, 0.29) is 0 Å². The second-order valence-electron chi connectivity index (χ2n) is 5.28. The first-order chi connectivity index (χ1) is 9.22. The number of benzene rings is 1. The molecule has 0 saturated carbocycles. The summed E-state index contributed by atoms with van der Waals surface area (Å²) in [7, 11) is 2.02. The molecule has 2 rings (SSSR count). The molecule has 0 fully saturated rings. The third kappa shape index (κ3) is 3.68. The van der Waals surface area contributed by atoms with Gasteiger partial charge in [0.2, 0.25) is 0 Å². The van der Waals surface area contributed by atoms with Gasteiger partial charge in [-0.2, -0.15) is 0 Å². The van der Waals surface area contributed by atoms with Gasteiger partial charge < -0.3 is 5.32 Å². The van der Waals surface area contributed by atoms with E-state index in [9.17, 15) is 0 Å². The summed E-state index contributed by atoms with van der Waals surface area (Å²) >= 11 is 1.86. The van der Waals surface area contributed by atoms with Crippen molar-refractivity contribution in [3.8, 4) is 0 Å². The minimum absolute atomic E-state index is 0.522. The molecular weight excluding hydrogens is 250 g/mol. The fourth-order valence-electron chi connectivity index (χ4n) is 2.36. The molecule has 0 saturated heterocycles. The quantitative estimate of drug-likeness (QED) is 0.810. The lowest BCUT2D eigenvalue weighted by Crippen LogP contribution is -2.12. The third-order valence-corrected chi connectivity index (χ3v) is 4.56. The Morgan fingerprint density at radius 2 is 1.74 bits per heavy atom. The van der Waals surface area contributed by atoms with E-state index in [0.717, 1.165) is 13.0 Å². The van der Waals surface area contributed by atoms with E-state index >= 15 is 0 Å². The van der Waals surface area contributed by atoms with Crippen molar-refractivity contribution in [3.63, 3.8) is 0 Å². The largest absolute Gasteiger partial charge is 0.320 e. The molecule has 1 nitrogen and oxygen atoms in total. The Morgan fingerprint density at radius 3 is 2.26 bits per heavy atom. The predicted octanol–water partition coefficient (Wildman–Crippen LogP) is 4.61. The molecule has 0 bridgehead atoms. The van der Waals surface area contributed by atoms with Crippen LogP contribution in [0, 0.1) is 0 Å². The Balaban J connectivity index is 2.22. The van der Waals surface area contributed by atoms with Crippen molar-refractivity contribution < 1.29 is 0 Å². The predicted molar refractivity (Wildman–Crippen MR) is 85.2 cm³/mol. The van der Waals surface area contributed by atoms with Crippen LogP contribution in [0.25, 0.3) is 0 Å². The van der Waals surface area contributed by atoms with Crippen molar-refractivity contribution in [1.29, 1.82) is 0 Å². The maximum Gasteiger partial charge on any atom is 0.0196 e. The van der Waals surface area contributed by atoms with Gasteiger partial charge in [0.25, 0.3) is 0 Å². The molecule has 0 radical (unpaired) electrons. The number of hydrogen-bond acceptors (Lipinski definition) is 2. The van der Waals surface area contributed by atoms with Gasteiger partial charge in [-0.1, -0.05) is 44.2 Å². The molecule has 0 spiro atoms. The highest BCUT2D eigenvalue weighted by molar-refractivity contribution is 7.10. The van der Waals surface area contributed by atoms with Crippen molar-refractivity contribution in [2.45, 2.75) is 32.1 Å². The van der Waals surface area contributed by atoms with Crippen molar-refractivity contribution in [2.75, 3.05) is 13.6 Å². The van der Waals surface area contributed by atoms with Gasteiger partial charge in [0.15, 0.2) is 0 Å². The molecule has 1 aromatic heterocycles. The molecule has 102 valence electrons. The Morgan fingerprint density at radius 1 is 1.05 bits per heavy atom. The lowest BCUT2D eigenvalue weighted by atomic mass is 9.92. The Kier molecular flexibility index (Phi) is 5.17. The first-order valence-electron chi connectivity index (χ1n) is 7.00. The van der Waals surface area contributed by atoms with Crippen LogP contribution in [-0.4, -0.2) is 13.6 Å². The summed E-state index contributed by atoms with van der Waals surface area (Å²) < 4.78 is 0. The van der Waals surface area contributed by atoms with E-state index in [2.05, 4.69) is 60.9 Å². The Hall–Kier alpha value is -1.12. The van der Waals surface area contributed by atoms with Crippen LogP contribution in [0.1, 0.15) is 48.1 Å². The smallest absolute Gasteiger partial charge is 0.0196 e. The van der Waals surface area contributed by atoms with Crippen molar-refractivity contribution in [3.05, 3.63) is 57.8 Å². The van der Waals surface area contributed by atoms with Crippen LogP contribution in [-0.2, 0) is 0 Å². The molecule has 0 aliphatic carbocycles. The van der Waals surface area contributed by atoms with Crippen molar-refractivity contribution in [2.24, 2.45) is 0 Å². The average Bonchev–Trinajstić information content (AvgIpc) is 2.94. The van der Waals surface area contributed by atoms with Crippen LogP contribution in [0.3, 0.4) is 0 Å². The highest BCUT2D eigenvalue weighted by Gasteiger charge is 2.14. The Labute approximate surface area is 120 Å². The van der Waals surface area contributed by atoms with Crippen LogP contribution >= 0.6 is 11.3 Å². The van der Waals surface area contributed by atoms with E-state index in [1.165, 1.54) is 16.0 Å². The van der Waals surface area contributed by atoms with E-state index in [1.807, 2.05) is 18.4 Å². The zero-order chi connectivity index (χ0) is 13.7. The second kappa shape index (κ2) is 6.88. The fourth-order valence-corrected chi connectivity index (χ4v) is 3.25. The molecule has 0 aliphatic heterocycles. The van der Waals surface area contributed by atoms with Crippen LogP contribution < -0.4 is 5.32 Å². The molecular formula is C17H23NS. The molecule has 2 aromatic rings. The lowest BCUT2D eigenvalue weighted by Gasteiger charge is -2.17. The maximum atomic E-state index is 3.26. The number of nitrogens with one attached hydrogen (secondary N) is 1.